The molecular weight excluding hydrogens is 244 g/mol. The van der Waals surface area contributed by atoms with Crippen LogP contribution < -0.4 is 0 Å². The Labute approximate surface area is 110 Å². The molecule has 0 unspecified atom stereocenters. The van der Waals surface area contributed by atoms with E-state index in [1.54, 1.807) is 12.1 Å². The molecule has 1 N–H and O–H groups in total. The number of nitro benzene ring substituents is 1. The van der Waals surface area contributed by atoms with Gasteiger partial charge in [0.25, 0.3) is 5.69 Å². The number of rotatable bonds is 3. The van der Waals surface area contributed by atoms with Crippen LogP contribution >= 0.6 is 0 Å². The molecule has 1 aromatic heterocycles. The Morgan fingerprint density at radius 3 is 2.53 bits per heavy atom. The second-order valence-electron chi connectivity index (χ2n) is 4.49. The molecule has 0 aliphatic heterocycles. The quantitative estimate of drug-likeness (QED) is 0.520. The number of aromatic nitrogens is 1. The molecule has 5 heteroatoms. The van der Waals surface area contributed by atoms with E-state index in [-0.39, 0.29) is 11.5 Å². The molecule has 19 heavy (non-hydrogen) atoms. The highest BCUT2D eigenvalue weighted by molar-refractivity contribution is 6.03. The largest absolute Gasteiger partial charge is 0.362 e. The topological polar surface area (TPSA) is 76.0 Å². The monoisotopic (exact) mass is 258 g/mol. The van der Waals surface area contributed by atoms with Crippen LogP contribution in [0.2, 0.25) is 0 Å². The molecule has 5 nitrogen and oxygen atoms in total. The zero-order valence-corrected chi connectivity index (χ0v) is 11.0. The zero-order valence-electron chi connectivity index (χ0n) is 11.0. The van der Waals surface area contributed by atoms with E-state index in [1.165, 1.54) is 19.1 Å². The Morgan fingerprint density at radius 1 is 1.26 bits per heavy atom. The van der Waals surface area contributed by atoms with E-state index < -0.39 is 4.92 Å². The average molecular weight is 258 g/mol. The number of H-pyrrole nitrogens is 1. The molecule has 0 bridgehead atoms. The number of Topliss-reactive ketones (excluding diaryl/α,β-unsaturated/α-hetero) is 1. The third-order valence-corrected chi connectivity index (χ3v) is 3.07. The van der Waals surface area contributed by atoms with Gasteiger partial charge in [0.1, 0.15) is 0 Å². The molecule has 1 heterocycles. The number of nitrogens with zero attached hydrogens (tertiary/aromatic N) is 1. The molecule has 2 rings (SSSR count). The number of benzene rings is 1. The molecule has 0 saturated heterocycles. The second kappa shape index (κ2) is 4.68. The van der Waals surface area contributed by atoms with Crippen molar-refractivity contribution in [2.24, 2.45) is 0 Å². The van der Waals surface area contributed by atoms with Gasteiger partial charge >= 0.3 is 0 Å². The van der Waals surface area contributed by atoms with Gasteiger partial charge in [0.2, 0.25) is 0 Å². The number of hydrogen-bond donors (Lipinski definition) is 1. The molecule has 0 atom stereocenters. The first kappa shape index (κ1) is 13.0. The van der Waals surface area contributed by atoms with Crippen molar-refractivity contribution in [1.82, 2.24) is 4.98 Å². The fourth-order valence-corrected chi connectivity index (χ4v) is 2.36. The SMILES string of the molecule is CC(=O)c1c(C)[nH]c(C)c1-c1cccc([N+](=O)[O-])c1. The number of aromatic amines is 1. The van der Waals surface area contributed by atoms with Crippen LogP contribution in [-0.4, -0.2) is 15.7 Å². The van der Waals surface area contributed by atoms with Gasteiger partial charge in [-0.25, -0.2) is 0 Å². The van der Waals surface area contributed by atoms with E-state index in [2.05, 4.69) is 4.98 Å². The summed E-state index contributed by atoms with van der Waals surface area (Å²) in [6.45, 7) is 5.18. The van der Waals surface area contributed by atoms with Crippen molar-refractivity contribution in [3.63, 3.8) is 0 Å². The predicted molar refractivity (Wildman–Crippen MR) is 72.4 cm³/mol. The number of hydrogen-bond acceptors (Lipinski definition) is 3. The van der Waals surface area contributed by atoms with Gasteiger partial charge < -0.3 is 4.98 Å². The molecule has 2 aromatic rings. The Bertz CT molecular complexity index is 671. The lowest BCUT2D eigenvalue weighted by Gasteiger charge is -2.04. The number of aryl methyl sites for hydroxylation is 2. The van der Waals surface area contributed by atoms with Crippen LogP contribution in [0.3, 0.4) is 0 Å². The smallest absolute Gasteiger partial charge is 0.270 e. The minimum Gasteiger partial charge on any atom is -0.362 e. The molecule has 0 aliphatic rings. The van der Waals surface area contributed by atoms with Crippen molar-refractivity contribution in [1.29, 1.82) is 0 Å². The molecule has 1 aromatic carbocycles. The van der Waals surface area contributed by atoms with E-state index in [9.17, 15) is 14.9 Å². The molecule has 0 fully saturated rings. The first-order valence-corrected chi connectivity index (χ1v) is 5.86. The molecular formula is C14H14N2O3. The van der Waals surface area contributed by atoms with E-state index in [1.807, 2.05) is 13.8 Å². The van der Waals surface area contributed by atoms with Gasteiger partial charge in [-0.05, 0) is 26.3 Å². The first-order valence-electron chi connectivity index (χ1n) is 5.86. The highest BCUT2D eigenvalue weighted by Crippen LogP contribution is 2.32. The van der Waals surface area contributed by atoms with Crippen molar-refractivity contribution < 1.29 is 9.72 Å². The summed E-state index contributed by atoms with van der Waals surface area (Å²) in [5.41, 5.74) is 3.66. The number of carbonyl (C=O) groups excluding carboxylic acids is 1. The van der Waals surface area contributed by atoms with Crippen LogP contribution in [0.15, 0.2) is 24.3 Å². The highest BCUT2D eigenvalue weighted by atomic mass is 16.6. The van der Waals surface area contributed by atoms with E-state index >= 15 is 0 Å². The second-order valence-corrected chi connectivity index (χ2v) is 4.49. The van der Waals surface area contributed by atoms with E-state index in [0.29, 0.717) is 11.1 Å². The van der Waals surface area contributed by atoms with Crippen molar-refractivity contribution in [3.8, 4) is 11.1 Å². The average Bonchev–Trinajstić information content (AvgIpc) is 2.64. The first-order chi connectivity index (χ1) is 8.91. The maximum atomic E-state index is 11.7. The van der Waals surface area contributed by atoms with Gasteiger partial charge in [-0.2, -0.15) is 0 Å². The van der Waals surface area contributed by atoms with Crippen LogP contribution in [0.5, 0.6) is 0 Å². The maximum absolute atomic E-state index is 11.7. The third-order valence-electron chi connectivity index (χ3n) is 3.07. The Balaban J connectivity index is 2.68. The van der Waals surface area contributed by atoms with Crippen LogP contribution in [-0.2, 0) is 0 Å². The molecule has 0 spiro atoms. The summed E-state index contributed by atoms with van der Waals surface area (Å²) in [4.78, 5) is 25.2. The van der Waals surface area contributed by atoms with Crippen molar-refractivity contribution >= 4 is 11.5 Å². The summed E-state index contributed by atoms with van der Waals surface area (Å²) in [7, 11) is 0. The molecule has 0 radical (unpaired) electrons. The van der Waals surface area contributed by atoms with Crippen LogP contribution in [0, 0.1) is 24.0 Å². The third kappa shape index (κ3) is 2.27. The minimum absolute atomic E-state index is 0.0188. The summed E-state index contributed by atoms with van der Waals surface area (Å²) in [5, 5.41) is 10.8. The number of carbonyl (C=O) groups is 1. The van der Waals surface area contributed by atoms with Crippen LogP contribution in [0.25, 0.3) is 11.1 Å². The van der Waals surface area contributed by atoms with Gasteiger partial charge in [0, 0.05) is 34.6 Å². The molecule has 0 saturated carbocycles. The van der Waals surface area contributed by atoms with E-state index in [4.69, 9.17) is 0 Å². The Kier molecular flexibility index (Phi) is 3.21. The summed E-state index contributed by atoms with van der Waals surface area (Å²) in [5.74, 6) is -0.0524. The maximum Gasteiger partial charge on any atom is 0.270 e. The Morgan fingerprint density at radius 2 is 1.95 bits per heavy atom. The van der Waals surface area contributed by atoms with Crippen molar-refractivity contribution in [3.05, 3.63) is 51.3 Å². The summed E-state index contributed by atoms with van der Waals surface area (Å²) in [6, 6.07) is 6.32. The van der Waals surface area contributed by atoms with Crippen LogP contribution in [0.1, 0.15) is 28.7 Å². The fourth-order valence-electron chi connectivity index (χ4n) is 2.36. The lowest BCUT2D eigenvalue weighted by Crippen LogP contribution is -1.96. The van der Waals surface area contributed by atoms with Crippen LogP contribution in [0.4, 0.5) is 5.69 Å². The summed E-state index contributed by atoms with van der Waals surface area (Å²) >= 11 is 0. The number of nitro groups is 1. The van der Waals surface area contributed by atoms with Gasteiger partial charge in [-0.15, -0.1) is 0 Å². The van der Waals surface area contributed by atoms with Gasteiger partial charge in [-0.1, -0.05) is 12.1 Å². The summed E-state index contributed by atoms with van der Waals surface area (Å²) in [6.07, 6.45) is 0. The molecule has 0 aliphatic carbocycles. The van der Waals surface area contributed by atoms with Gasteiger partial charge in [0.05, 0.1) is 4.92 Å². The number of nitrogens with one attached hydrogen (secondary N) is 1. The normalized spacial score (nSPS) is 10.5. The molecule has 98 valence electrons. The van der Waals surface area contributed by atoms with Crippen molar-refractivity contribution in [2.75, 3.05) is 0 Å². The Hall–Kier alpha value is -2.43. The predicted octanol–water partition coefficient (Wildman–Crippen LogP) is 3.41. The van der Waals surface area contributed by atoms with Gasteiger partial charge in [-0.3, -0.25) is 14.9 Å². The number of ketones is 1. The van der Waals surface area contributed by atoms with Crippen molar-refractivity contribution in [2.45, 2.75) is 20.8 Å². The van der Waals surface area contributed by atoms with Gasteiger partial charge in [0.15, 0.2) is 5.78 Å². The lowest BCUT2D eigenvalue weighted by atomic mass is 9.98. The highest BCUT2D eigenvalue weighted by Gasteiger charge is 2.19. The standard InChI is InChI=1S/C14H14N2O3/c1-8-13(10(3)17)14(9(2)15-8)11-5-4-6-12(7-11)16(18)19/h4-7,15H,1-3H3. The zero-order chi connectivity index (χ0) is 14.2. The fraction of sp³-hybridized carbons (Fsp3) is 0.214. The van der Waals surface area contributed by atoms with E-state index in [0.717, 1.165) is 17.0 Å². The number of non-ortho nitro benzene ring substituents is 1. The minimum atomic E-state index is -0.439. The molecule has 0 amide bonds. The lowest BCUT2D eigenvalue weighted by molar-refractivity contribution is -0.384. The summed E-state index contributed by atoms with van der Waals surface area (Å²) < 4.78 is 0.